The molecule has 0 aliphatic carbocycles. The standard InChI is InChI=1S/C10H14N2O4/c1-3-5-6(10(15)16-4-2)7(8(11)13)9(14)12-5/h7H,3-4H2,1-2H3,(H2,11,13)(H,12,14)/t7-/m1/s1. The van der Waals surface area contributed by atoms with Gasteiger partial charge < -0.3 is 15.8 Å². The van der Waals surface area contributed by atoms with E-state index in [0.717, 1.165) is 0 Å². The number of carbonyl (C=O) groups is 3. The molecule has 0 bridgehead atoms. The van der Waals surface area contributed by atoms with Crippen LogP contribution in [0.5, 0.6) is 0 Å². The summed E-state index contributed by atoms with van der Waals surface area (Å²) in [6.07, 6.45) is 0.434. The number of ether oxygens (including phenoxy) is 1. The Labute approximate surface area is 92.8 Å². The molecule has 0 saturated heterocycles. The Morgan fingerprint density at radius 2 is 2.06 bits per heavy atom. The first kappa shape index (κ1) is 12.2. The minimum Gasteiger partial charge on any atom is -0.463 e. The van der Waals surface area contributed by atoms with Crippen LogP contribution in [-0.4, -0.2) is 24.4 Å². The molecule has 2 amide bonds. The zero-order chi connectivity index (χ0) is 12.3. The van der Waals surface area contributed by atoms with Gasteiger partial charge in [-0.25, -0.2) is 4.79 Å². The molecule has 1 aliphatic heterocycles. The second-order valence-electron chi connectivity index (χ2n) is 3.29. The van der Waals surface area contributed by atoms with Crippen LogP contribution >= 0.6 is 0 Å². The van der Waals surface area contributed by atoms with Gasteiger partial charge in [0, 0.05) is 5.70 Å². The summed E-state index contributed by atoms with van der Waals surface area (Å²) in [6.45, 7) is 3.59. The van der Waals surface area contributed by atoms with E-state index in [4.69, 9.17) is 10.5 Å². The highest BCUT2D eigenvalue weighted by molar-refractivity contribution is 6.13. The third-order valence-electron chi connectivity index (χ3n) is 2.28. The maximum absolute atomic E-state index is 11.6. The van der Waals surface area contributed by atoms with Crippen LogP contribution in [0, 0.1) is 5.92 Å². The second-order valence-corrected chi connectivity index (χ2v) is 3.29. The molecule has 6 heteroatoms. The lowest BCUT2D eigenvalue weighted by molar-refractivity contribution is -0.142. The molecular formula is C10H14N2O4. The Kier molecular flexibility index (Phi) is 3.65. The lowest BCUT2D eigenvalue weighted by Crippen LogP contribution is -2.34. The van der Waals surface area contributed by atoms with Gasteiger partial charge in [0.05, 0.1) is 12.2 Å². The molecule has 1 atom stereocenters. The van der Waals surface area contributed by atoms with Gasteiger partial charge in [-0.05, 0) is 13.3 Å². The van der Waals surface area contributed by atoms with E-state index in [1.165, 1.54) is 0 Å². The third kappa shape index (κ3) is 2.05. The van der Waals surface area contributed by atoms with Gasteiger partial charge in [-0.15, -0.1) is 0 Å². The van der Waals surface area contributed by atoms with Crippen molar-refractivity contribution in [2.24, 2.45) is 11.7 Å². The number of rotatable bonds is 4. The van der Waals surface area contributed by atoms with Crippen LogP contribution in [0.2, 0.25) is 0 Å². The molecule has 0 spiro atoms. The summed E-state index contributed by atoms with van der Waals surface area (Å²) >= 11 is 0. The lowest BCUT2D eigenvalue weighted by atomic mass is 9.99. The van der Waals surface area contributed by atoms with E-state index in [9.17, 15) is 14.4 Å². The molecule has 0 aromatic carbocycles. The van der Waals surface area contributed by atoms with E-state index in [1.54, 1.807) is 13.8 Å². The Morgan fingerprint density at radius 1 is 1.44 bits per heavy atom. The molecule has 0 aromatic rings. The van der Waals surface area contributed by atoms with Crippen LogP contribution in [0.15, 0.2) is 11.3 Å². The van der Waals surface area contributed by atoms with Crippen LogP contribution in [0.1, 0.15) is 20.3 Å². The topological polar surface area (TPSA) is 98.5 Å². The third-order valence-corrected chi connectivity index (χ3v) is 2.28. The predicted molar refractivity (Wildman–Crippen MR) is 54.8 cm³/mol. The predicted octanol–water partition coefficient (Wildman–Crippen LogP) is -0.555. The largest absolute Gasteiger partial charge is 0.463 e. The van der Waals surface area contributed by atoms with Crippen molar-refractivity contribution in [2.45, 2.75) is 20.3 Å². The van der Waals surface area contributed by atoms with E-state index in [2.05, 4.69) is 5.32 Å². The molecule has 88 valence electrons. The van der Waals surface area contributed by atoms with Gasteiger partial charge in [0.2, 0.25) is 11.8 Å². The van der Waals surface area contributed by atoms with Crippen LogP contribution < -0.4 is 11.1 Å². The fourth-order valence-corrected chi connectivity index (χ4v) is 1.59. The Bertz CT molecular complexity index is 373. The van der Waals surface area contributed by atoms with Crippen molar-refractivity contribution in [3.63, 3.8) is 0 Å². The Balaban J connectivity index is 3.09. The summed E-state index contributed by atoms with van der Waals surface area (Å²) in [6, 6.07) is 0. The first-order valence-corrected chi connectivity index (χ1v) is 5.03. The maximum atomic E-state index is 11.6. The van der Waals surface area contributed by atoms with Gasteiger partial charge in [0.1, 0.15) is 0 Å². The number of allylic oxidation sites excluding steroid dienone is 1. The van der Waals surface area contributed by atoms with Crippen LogP contribution in [-0.2, 0) is 19.1 Å². The van der Waals surface area contributed by atoms with Crippen molar-refractivity contribution in [3.8, 4) is 0 Å². The fraction of sp³-hybridized carbons (Fsp3) is 0.500. The summed E-state index contributed by atoms with van der Waals surface area (Å²) in [7, 11) is 0. The second kappa shape index (κ2) is 4.78. The highest BCUT2D eigenvalue weighted by Gasteiger charge is 2.41. The molecule has 16 heavy (non-hydrogen) atoms. The zero-order valence-electron chi connectivity index (χ0n) is 9.20. The summed E-state index contributed by atoms with van der Waals surface area (Å²) < 4.78 is 4.79. The summed E-state index contributed by atoms with van der Waals surface area (Å²) in [5.41, 5.74) is 5.54. The first-order chi connectivity index (χ1) is 7.52. The molecular weight excluding hydrogens is 212 g/mol. The molecule has 1 aliphatic rings. The van der Waals surface area contributed by atoms with Gasteiger partial charge >= 0.3 is 5.97 Å². The Morgan fingerprint density at radius 3 is 2.50 bits per heavy atom. The molecule has 0 radical (unpaired) electrons. The van der Waals surface area contributed by atoms with E-state index in [0.29, 0.717) is 12.1 Å². The lowest BCUT2D eigenvalue weighted by Gasteiger charge is -2.08. The molecule has 0 fully saturated rings. The minimum atomic E-state index is -1.23. The molecule has 0 aromatic heterocycles. The monoisotopic (exact) mass is 226 g/mol. The number of carbonyl (C=O) groups excluding carboxylic acids is 3. The van der Waals surface area contributed by atoms with Gasteiger partial charge in [0.25, 0.3) is 0 Å². The maximum Gasteiger partial charge on any atom is 0.337 e. The number of amides is 2. The van der Waals surface area contributed by atoms with Crippen molar-refractivity contribution in [3.05, 3.63) is 11.3 Å². The minimum absolute atomic E-state index is 0.0434. The molecule has 3 N–H and O–H groups in total. The highest BCUT2D eigenvalue weighted by Crippen LogP contribution is 2.24. The Hall–Kier alpha value is -1.85. The molecule has 1 heterocycles. The molecule has 0 saturated carbocycles. The number of hydrogen-bond acceptors (Lipinski definition) is 4. The molecule has 6 nitrogen and oxygen atoms in total. The fourth-order valence-electron chi connectivity index (χ4n) is 1.59. The van der Waals surface area contributed by atoms with Crippen LogP contribution in [0.4, 0.5) is 0 Å². The average molecular weight is 226 g/mol. The number of primary amides is 1. The highest BCUT2D eigenvalue weighted by atomic mass is 16.5. The summed E-state index contributed by atoms with van der Waals surface area (Å²) in [5, 5.41) is 2.46. The number of nitrogens with one attached hydrogen (secondary N) is 1. The van der Waals surface area contributed by atoms with E-state index < -0.39 is 23.7 Å². The summed E-state index contributed by atoms with van der Waals surface area (Å²) in [5.74, 6) is -3.30. The normalized spacial score (nSPS) is 19.6. The van der Waals surface area contributed by atoms with Crippen LogP contribution in [0.3, 0.4) is 0 Å². The van der Waals surface area contributed by atoms with Crippen molar-refractivity contribution in [2.75, 3.05) is 6.61 Å². The van der Waals surface area contributed by atoms with E-state index in [1.807, 2.05) is 0 Å². The number of hydrogen-bond donors (Lipinski definition) is 2. The van der Waals surface area contributed by atoms with Crippen molar-refractivity contribution in [1.29, 1.82) is 0 Å². The van der Waals surface area contributed by atoms with Crippen molar-refractivity contribution in [1.82, 2.24) is 5.32 Å². The van der Waals surface area contributed by atoms with Gasteiger partial charge in [-0.3, -0.25) is 9.59 Å². The number of esters is 1. The van der Waals surface area contributed by atoms with Crippen molar-refractivity contribution >= 4 is 17.8 Å². The number of nitrogens with two attached hydrogens (primary N) is 1. The first-order valence-electron chi connectivity index (χ1n) is 5.03. The van der Waals surface area contributed by atoms with E-state index >= 15 is 0 Å². The molecule has 1 rings (SSSR count). The van der Waals surface area contributed by atoms with Gasteiger partial charge in [0.15, 0.2) is 5.92 Å². The average Bonchev–Trinajstić information content (AvgIpc) is 2.55. The quantitative estimate of drug-likeness (QED) is 0.496. The van der Waals surface area contributed by atoms with Crippen LogP contribution in [0.25, 0.3) is 0 Å². The smallest absolute Gasteiger partial charge is 0.337 e. The van der Waals surface area contributed by atoms with E-state index in [-0.39, 0.29) is 12.2 Å². The van der Waals surface area contributed by atoms with Crippen molar-refractivity contribution < 1.29 is 19.1 Å². The SMILES string of the molecule is CCOC(=O)C1=C(CC)NC(=O)[C@H]1C(N)=O. The van der Waals surface area contributed by atoms with Gasteiger partial charge in [-0.2, -0.15) is 0 Å². The summed E-state index contributed by atoms with van der Waals surface area (Å²) in [4.78, 5) is 34.1. The molecule has 0 unspecified atom stereocenters. The zero-order valence-corrected chi connectivity index (χ0v) is 9.20. The van der Waals surface area contributed by atoms with Gasteiger partial charge in [-0.1, -0.05) is 6.92 Å².